The number of nitrogens with one attached hydrogen (secondary N) is 2. The first-order chi connectivity index (χ1) is 10.2. The molecule has 0 bridgehead atoms. The number of nitrogens with zero attached hydrogens (tertiary/aromatic N) is 2. The van der Waals surface area contributed by atoms with Crippen molar-refractivity contribution in [3.8, 4) is 0 Å². The Balaban J connectivity index is 1.74. The highest BCUT2D eigenvalue weighted by atomic mass is 15.1. The normalized spacial score (nSPS) is 16.0. The molecule has 0 fully saturated rings. The van der Waals surface area contributed by atoms with E-state index < -0.39 is 0 Å². The average molecular weight is 282 g/mol. The van der Waals surface area contributed by atoms with Gasteiger partial charge in [0.2, 0.25) is 0 Å². The molecule has 21 heavy (non-hydrogen) atoms. The molecular formula is C17H22N4. The van der Waals surface area contributed by atoms with E-state index >= 15 is 0 Å². The highest BCUT2D eigenvalue weighted by molar-refractivity contribution is 5.57. The van der Waals surface area contributed by atoms with Gasteiger partial charge in [0.25, 0.3) is 0 Å². The van der Waals surface area contributed by atoms with Crippen LogP contribution >= 0.6 is 0 Å². The zero-order valence-corrected chi connectivity index (χ0v) is 12.9. The molecule has 110 valence electrons. The van der Waals surface area contributed by atoms with E-state index in [2.05, 4.69) is 58.7 Å². The van der Waals surface area contributed by atoms with Crippen LogP contribution in [0.3, 0.4) is 0 Å². The molecule has 2 aromatic rings. The summed E-state index contributed by atoms with van der Waals surface area (Å²) in [7, 11) is 1.90. The second kappa shape index (κ2) is 5.72. The second-order valence-corrected chi connectivity index (χ2v) is 5.55. The van der Waals surface area contributed by atoms with Crippen LogP contribution in [0.15, 0.2) is 24.3 Å². The lowest BCUT2D eigenvalue weighted by molar-refractivity contribution is 0.634. The fourth-order valence-electron chi connectivity index (χ4n) is 2.90. The summed E-state index contributed by atoms with van der Waals surface area (Å²) in [6, 6.07) is 8.68. The first-order valence-corrected chi connectivity index (χ1v) is 7.59. The van der Waals surface area contributed by atoms with Crippen molar-refractivity contribution in [3.05, 3.63) is 46.8 Å². The van der Waals surface area contributed by atoms with Crippen LogP contribution in [0.25, 0.3) is 0 Å². The maximum absolute atomic E-state index is 4.62. The number of aryl methyl sites for hydroxylation is 1. The van der Waals surface area contributed by atoms with Gasteiger partial charge in [-0.1, -0.05) is 31.2 Å². The van der Waals surface area contributed by atoms with Gasteiger partial charge in [-0.15, -0.1) is 0 Å². The van der Waals surface area contributed by atoms with Gasteiger partial charge in [0.15, 0.2) is 0 Å². The van der Waals surface area contributed by atoms with Gasteiger partial charge in [-0.3, -0.25) is 0 Å². The van der Waals surface area contributed by atoms with Crippen LogP contribution in [0.5, 0.6) is 0 Å². The van der Waals surface area contributed by atoms with E-state index in [0.717, 1.165) is 42.4 Å². The Kier molecular flexibility index (Phi) is 3.78. The van der Waals surface area contributed by atoms with Gasteiger partial charge < -0.3 is 10.6 Å². The lowest BCUT2D eigenvalue weighted by atomic mass is 9.77. The third-order valence-corrected chi connectivity index (χ3v) is 4.22. The summed E-state index contributed by atoms with van der Waals surface area (Å²) in [5.41, 5.74) is 4.04. The fraction of sp³-hybridized carbons (Fsp3) is 0.412. The minimum absolute atomic E-state index is 0.596. The third kappa shape index (κ3) is 2.58. The van der Waals surface area contributed by atoms with Crippen LogP contribution in [0.4, 0.5) is 11.6 Å². The molecule has 0 radical (unpaired) electrons. The Morgan fingerprint density at radius 1 is 1.19 bits per heavy atom. The van der Waals surface area contributed by atoms with Crippen LogP contribution in [0, 0.1) is 6.92 Å². The highest BCUT2D eigenvalue weighted by Gasteiger charge is 2.25. The zero-order valence-electron chi connectivity index (χ0n) is 12.9. The number of fused-ring (bicyclic) bond motifs is 1. The van der Waals surface area contributed by atoms with Crippen LogP contribution in [0.1, 0.15) is 35.4 Å². The van der Waals surface area contributed by atoms with Gasteiger partial charge in [0, 0.05) is 31.5 Å². The molecule has 2 N–H and O–H groups in total. The number of aromatic nitrogens is 2. The number of anilines is 2. The van der Waals surface area contributed by atoms with Gasteiger partial charge in [-0.25, -0.2) is 9.97 Å². The van der Waals surface area contributed by atoms with Crippen molar-refractivity contribution in [2.75, 3.05) is 24.2 Å². The van der Waals surface area contributed by atoms with E-state index in [1.54, 1.807) is 0 Å². The zero-order chi connectivity index (χ0) is 14.8. The van der Waals surface area contributed by atoms with Crippen molar-refractivity contribution in [1.29, 1.82) is 0 Å². The molecule has 1 aromatic heterocycles. The molecule has 1 unspecified atom stereocenters. The largest absolute Gasteiger partial charge is 0.373 e. The Morgan fingerprint density at radius 2 is 1.95 bits per heavy atom. The molecule has 1 aliphatic rings. The Morgan fingerprint density at radius 3 is 2.67 bits per heavy atom. The minimum Gasteiger partial charge on any atom is -0.373 e. The lowest BCUT2D eigenvalue weighted by Gasteiger charge is -2.30. The van der Waals surface area contributed by atoms with Crippen molar-refractivity contribution < 1.29 is 0 Å². The Labute approximate surface area is 126 Å². The van der Waals surface area contributed by atoms with E-state index in [-0.39, 0.29) is 0 Å². The molecule has 4 heteroatoms. The molecule has 0 spiro atoms. The van der Waals surface area contributed by atoms with Crippen molar-refractivity contribution in [3.63, 3.8) is 0 Å². The number of benzene rings is 1. The summed E-state index contributed by atoms with van der Waals surface area (Å²) in [5, 5.41) is 6.66. The van der Waals surface area contributed by atoms with Crippen molar-refractivity contribution >= 4 is 11.6 Å². The fourth-order valence-corrected chi connectivity index (χ4v) is 2.90. The molecule has 4 nitrogen and oxygen atoms in total. The van der Waals surface area contributed by atoms with E-state index in [0.29, 0.717) is 5.92 Å². The summed E-state index contributed by atoms with van der Waals surface area (Å²) in [4.78, 5) is 9.13. The molecule has 1 atom stereocenters. The first kappa shape index (κ1) is 13.9. The van der Waals surface area contributed by atoms with Crippen molar-refractivity contribution in [2.45, 2.75) is 32.6 Å². The third-order valence-electron chi connectivity index (χ3n) is 4.22. The predicted molar refractivity (Wildman–Crippen MR) is 87.1 cm³/mol. The molecule has 3 rings (SSSR count). The van der Waals surface area contributed by atoms with E-state index in [1.165, 1.54) is 11.1 Å². The smallest absolute Gasteiger partial charge is 0.134 e. The standard InChI is InChI=1S/C17H22N4/c1-4-15-20-16(18-3)11(2)17(21-15)19-10-13-9-12-7-5-6-8-14(12)13/h5-8,13H,4,9-10H2,1-3H3,(H2,18,19,20,21). The van der Waals surface area contributed by atoms with Crippen LogP contribution in [-0.2, 0) is 12.8 Å². The number of hydrogen-bond donors (Lipinski definition) is 2. The number of rotatable bonds is 5. The van der Waals surface area contributed by atoms with E-state index in [9.17, 15) is 0 Å². The lowest BCUT2D eigenvalue weighted by Crippen LogP contribution is -2.25. The summed E-state index contributed by atoms with van der Waals surface area (Å²) in [6.45, 7) is 5.07. The highest BCUT2D eigenvalue weighted by Crippen LogP contribution is 2.35. The van der Waals surface area contributed by atoms with Crippen LogP contribution in [0.2, 0.25) is 0 Å². The number of hydrogen-bond acceptors (Lipinski definition) is 4. The molecule has 1 heterocycles. The minimum atomic E-state index is 0.596. The summed E-state index contributed by atoms with van der Waals surface area (Å²) in [5.74, 6) is 3.34. The summed E-state index contributed by atoms with van der Waals surface area (Å²) >= 11 is 0. The monoisotopic (exact) mass is 282 g/mol. The van der Waals surface area contributed by atoms with Crippen LogP contribution < -0.4 is 10.6 Å². The molecular weight excluding hydrogens is 260 g/mol. The van der Waals surface area contributed by atoms with Gasteiger partial charge in [-0.2, -0.15) is 0 Å². The Bertz CT molecular complexity index is 651. The summed E-state index contributed by atoms with van der Waals surface area (Å²) in [6.07, 6.45) is 2.00. The molecule has 1 aromatic carbocycles. The molecule has 0 aliphatic heterocycles. The van der Waals surface area contributed by atoms with E-state index in [4.69, 9.17) is 0 Å². The second-order valence-electron chi connectivity index (χ2n) is 5.55. The predicted octanol–water partition coefficient (Wildman–Crippen LogP) is 3.14. The molecule has 0 saturated heterocycles. The molecule has 0 amide bonds. The quantitative estimate of drug-likeness (QED) is 0.884. The van der Waals surface area contributed by atoms with Gasteiger partial charge in [0.05, 0.1) is 0 Å². The van der Waals surface area contributed by atoms with Gasteiger partial charge in [-0.05, 0) is 24.5 Å². The first-order valence-electron chi connectivity index (χ1n) is 7.59. The van der Waals surface area contributed by atoms with Gasteiger partial charge >= 0.3 is 0 Å². The maximum Gasteiger partial charge on any atom is 0.134 e. The van der Waals surface area contributed by atoms with Gasteiger partial charge in [0.1, 0.15) is 17.5 Å². The summed E-state index contributed by atoms with van der Waals surface area (Å²) < 4.78 is 0. The maximum atomic E-state index is 4.62. The van der Waals surface area contributed by atoms with E-state index in [1.807, 2.05) is 7.05 Å². The van der Waals surface area contributed by atoms with Crippen molar-refractivity contribution in [1.82, 2.24) is 9.97 Å². The van der Waals surface area contributed by atoms with Crippen molar-refractivity contribution in [2.24, 2.45) is 0 Å². The van der Waals surface area contributed by atoms with Crippen LogP contribution in [-0.4, -0.2) is 23.6 Å². The Hall–Kier alpha value is -2.10. The molecule has 1 aliphatic carbocycles. The average Bonchev–Trinajstić information content (AvgIpc) is 2.49. The topological polar surface area (TPSA) is 49.8 Å². The SMILES string of the molecule is CCc1nc(NC)c(C)c(NCC2Cc3ccccc32)n1. The molecule has 0 saturated carbocycles.